The summed E-state index contributed by atoms with van der Waals surface area (Å²) in [6.07, 6.45) is 1.69. The summed E-state index contributed by atoms with van der Waals surface area (Å²) in [6, 6.07) is 23.7. The van der Waals surface area contributed by atoms with Crippen LogP contribution in [0, 0.1) is 13.8 Å². The molecule has 0 aliphatic rings. The summed E-state index contributed by atoms with van der Waals surface area (Å²) in [5, 5.41) is 0.649. The highest BCUT2D eigenvalue weighted by Gasteiger charge is 2.27. The van der Waals surface area contributed by atoms with Gasteiger partial charge >= 0.3 is 0 Å². The van der Waals surface area contributed by atoms with Crippen molar-refractivity contribution in [2.75, 3.05) is 0 Å². The van der Waals surface area contributed by atoms with E-state index in [9.17, 15) is 0 Å². The third-order valence-electron chi connectivity index (χ3n) is 5.40. The van der Waals surface area contributed by atoms with Crippen LogP contribution < -0.4 is 4.57 Å². The summed E-state index contributed by atoms with van der Waals surface area (Å²) in [6.45, 7) is -0.225. The lowest BCUT2D eigenvalue weighted by atomic mass is 10.1. The lowest BCUT2D eigenvalue weighted by molar-refractivity contribution is -0.633. The maximum Gasteiger partial charge on any atom is 0.295 e. The number of aryl methyl sites for hydroxylation is 3. The van der Waals surface area contributed by atoms with Crippen molar-refractivity contribution in [3.8, 4) is 17.1 Å². The van der Waals surface area contributed by atoms with E-state index in [1.165, 1.54) is 0 Å². The van der Waals surface area contributed by atoms with E-state index in [-0.39, 0.29) is 0 Å². The number of para-hydroxylation sites is 2. The van der Waals surface area contributed by atoms with Crippen LogP contribution in [0.2, 0.25) is 0 Å². The van der Waals surface area contributed by atoms with Crippen molar-refractivity contribution in [1.82, 2.24) is 9.55 Å². The first-order valence-corrected chi connectivity index (χ1v) is 9.32. The molecule has 5 aromatic rings. The molecule has 2 heterocycles. The number of benzene rings is 3. The molecule has 136 valence electrons. The average Bonchev–Trinajstić information content (AvgIpc) is 3.05. The molecular weight excluding hydrogens is 342 g/mol. The van der Waals surface area contributed by atoms with Crippen molar-refractivity contribution in [2.45, 2.75) is 13.8 Å². The molecule has 0 bridgehead atoms. The van der Waals surface area contributed by atoms with Crippen LogP contribution in [0.3, 0.4) is 0 Å². The summed E-state index contributed by atoms with van der Waals surface area (Å²) in [7, 11) is 2.03. The zero-order valence-electron chi connectivity index (χ0n) is 18.8. The fraction of sp³-hybridized carbons (Fsp3) is 0.120. The number of aromatic nitrogens is 3. The van der Waals surface area contributed by atoms with Crippen LogP contribution >= 0.6 is 0 Å². The van der Waals surface area contributed by atoms with E-state index in [1.807, 2.05) is 55.6 Å². The summed E-state index contributed by atoms with van der Waals surface area (Å²) >= 11 is 0. The van der Waals surface area contributed by atoms with E-state index in [0.29, 0.717) is 22.2 Å². The Morgan fingerprint density at radius 1 is 0.929 bits per heavy atom. The number of pyridine rings is 1. The first kappa shape index (κ1) is 13.7. The monoisotopic (exact) mass is 367 g/mol. The van der Waals surface area contributed by atoms with Gasteiger partial charge in [-0.2, -0.15) is 4.57 Å². The Labute approximate surface area is 168 Å². The van der Waals surface area contributed by atoms with Crippen LogP contribution in [-0.4, -0.2) is 9.55 Å². The largest absolute Gasteiger partial charge is 0.295 e. The molecule has 28 heavy (non-hydrogen) atoms. The van der Waals surface area contributed by atoms with Crippen molar-refractivity contribution >= 4 is 21.9 Å². The maximum absolute atomic E-state index is 8.36. The van der Waals surface area contributed by atoms with Gasteiger partial charge in [-0.25, -0.2) is 4.57 Å². The van der Waals surface area contributed by atoms with Crippen molar-refractivity contribution in [2.24, 2.45) is 7.05 Å². The number of nitrogens with zero attached hydrogens (tertiary/aromatic N) is 3. The van der Waals surface area contributed by atoms with Crippen LogP contribution in [0.4, 0.5) is 0 Å². The molecule has 0 radical (unpaired) electrons. The Morgan fingerprint density at radius 3 is 2.61 bits per heavy atom. The molecule has 0 aliphatic heterocycles. The smallest absolute Gasteiger partial charge is 0.256 e. The van der Waals surface area contributed by atoms with E-state index in [0.717, 1.165) is 28.0 Å². The first-order chi connectivity index (χ1) is 14.9. The molecule has 0 saturated carbocycles. The normalized spacial score (nSPS) is 13.4. The highest BCUT2D eigenvalue weighted by molar-refractivity contribution is 5.87. The van der Waals surface area contributed by atoms with E-state index in [1.54, 1.807) is 12.3 Å². The van der Waals surface area contributed by atoms with Gasteiger partial charge in [0.1, 0.15) is 5.69 Å². The zero-order valence-corrected chi connectivity index (χ0v) is 15.8. The third kappa shape index (κ3) is 2.36. The molecule has 0 fully saturated rings. The Hall–Kier alpha value is -3.46. The van der Waals surface area contributed by atoms with Crippen LogP contribution in [0.5, 0.6) is 0 Å². The minimum absolute atomic E-state index is 0.314. The van der Waals surface area contributed by atoms with Gasteiger partial charge in [0.2, 0.25) is 0 Å². The predicted octanol–water partition coefficient (Wildman–Crippen LogP) is 5.29. The second-order valence-electron chi connectivity index (χ2n) is 7.05. The lowest BCUT2D eigenvalue weighted by Gasteiger charge is -2.10. The highest BCUT2D eigenvalue weighted by atomic mass is 15.2. The van der Waals surface area contributed by atoms with Crippen LogP contribution in [0.15, 0.2) is 79.0 Å². The molecule has 0 atom stereocenters. The SMILES string of the molecule is [2H]C([2H])([2H])c1c(-n2c(-c3ccccc3C)[n+](C)c3ccccc32)ccc2ncccc12. The van der Waals surface area contributed by atoms with Crippen LogP contribution in [0.25, 0.3) is 39.0 Å². The maximum atomic E-state index is 8.36. The standard InChI is InChI=1S/C25H22N3/c1-17-9-4-5-10-19(17)25-27(3)23-12-6-7-13-24(23)28(25)22-15-14-21-20(18(22)2)11-8-16-26-21/h4-16H,1-3H3/q+1/i2D3. The Balaban J connectivity index is 1.99. The third-order valence-corrected chi connectivity index (χ3v) is 5.40. The van der Waals surface area contributed by atoms with Gasteiger partial charge in [0.05, 0.1) is 18.1 Å². The van der Waals surface area contributed by atoms with Gasteiger partial charge in [0, 0.05) is 21.3 Å². The quantitative estimate of drug-likeness (QED) is 0.389. The fourth-order valence-electron chi connectivity index (χ4n) is 4.01. The predicted molar refractivity (Wildman–Crippen MR) is 115 cm³/mol. The molecule has 5 rings (SSSR count). The van der Waals surface area contributed by atoms with E-state index >= 15 is 0 Å². The van der Waals surface area contributed by atoms with Gasteiger partial charge in [0.25, 0.3) is 5.82 Å². The second-order valence-corrected chi connectivity index (χ2v) is 7.05. The fourth-order valence-corrected chi connectivity index (χ4v) is 4.01. The lowest BCUT2D eigenvalue weighted by Crippen LogP contribution is -2.30. The number of hydrogen-bond acceptors (Lipinski definition) is 1. The van der Waals surface area contributed by atoms with Crippen molar-refractivity contribution in [3.63, 3.8) is 0 Å². The highest BCUT2D eigenvalue weighted by Crippen LogP contribution is 2.32. The topological polar surface area (TPSA) is 21.7 Å². The molecule has 3 heteroatoms. The van der Waals surface area contributed by atoms with Gasteiger partial charge < -0.3 is 0 Å². The van der Waals surface area contributed by atoms with E-state index in [2.05, 4.69) is 39.2 Å². The molecule has 0 unspecified atom stereocenters. The minimum Gasteiger partial charge on any atom is -0.256 e. The van der Waals surface area contributed by atoms with Crippen molar-refractivity contribution in [3.05, 3.63) is 90.1 Å². The number of rotatable bonds is 2. The molecule has 0 aliphatic carbocycles. The van der Waals surface area contributed by atoms with E-state index < -0.39 is 6.85 Å². The van der Waals surface area contributed by atoms with Gasteiger partial charge in [0.15, 0.2) is 11.0 Å². The first-order valence-electron chi connectivity index (χ1n) is 10.8. The molecular formula is C25H22N3+. The van der Waals surface area contributed by atoms with Crippen LogP contribution in [0.1, 0.15) is 15.2 Å². The molecule has 0 saturated heterocycles. The number of fused-ring (bicyclic) bond motifs is 2. The second kappa shape index (κ2) is 6.31. The van der Waals surface area contributed by atoms with Crippen molar-refractivity contribution < 1.29 is 8.68 Å². The Bertz CT molecular complexity index is 1450. The summed E-state index contributed by atoms with van der Waals surface area (Å²) in [5.41, 5.74) is 5.81. The molecule has 0 spiro atoms. The van der Waals surface area contributed by atoms with Crippen molar-refractivity contribution in [1.29, 1.82) is 0 Å². The molecule has 0 amide bonds. The number of hydrogen-bond donors (Lipinski definition) is 0. The van der Waals surface area contributed by atoms with Gasteiger partial charge in [-0.15, -0.1) is 0 Å². The Morgan fingerprint density at radius 2 is 1.75 bits per heavy atom. The number of imidazole rings is 1. The Kier molecular flexibility index (Phi) is 3.08. The zero-order chi connectivity index (χ0) is 21.8. The van der Waals surface area contributed by atoms with Gasteiger partial charge in [-0.1, -0.05) is 36.4 Å². The van der Waals surface area contributed by atoms with Gasteiger partial charge in [-0.3, -0.25) is 4.98 Å². The summed E-state index contributed by atoms with van der Waals surface area (Å²) in [5.74, 6) is 0.938. The molecule has 2 aromatic heterocycles. The molecule has 3 aromatic carbocycles. The summed E-state index contributed by atoms with van der Waals surface area (Å²) in [4.78, 5) is 4.39. The van der Waals surface area contributed by atoms with Crippen LogP contribution in [-0.2, 0) is 7.05 Å². The van der Waals surface area contributed by atoms with Gasteiger partial charge in [-0.05, 0) is 55.7 Å². The average molecular weight is 367 g/mol. The molecule has 3 nitrogen and oxygen atoms in total. The minimum atomic E-state index is -2.30. The van der Waals surface area contributed by atoms with E-state index in [4.69, 9.17) is 4.11 Å². The molecule has 0 N–H and O–H groups in total. The summed E-state index contributed by atoms with van der Waals surface area (Å²) < 4.78 is 29.3.